The average molecular weight is 270 g/mol. The van der Waals surface area contributed by atoms with Crippen LogP contribution in [0.5, 0.6) is 17.2 Å². The average Bonchev–Trinajstić information content (AvgIpc) is 2.92. The number of carbonyl (C=O) groups is 1. The SMILES string of the molecule is COc1ccc(OC(=O)C2Cc3ccccc3O2)cc1. The molecule has 4 nitrogen and oxygen atoms in total. The van der Waals surface area contributed by atoms with Gasteiger partial charge in [-0.2, -0.15) is 0 Å². The van der Waals surface area contributed by atoms with Crippen molar-refractivity contribution >= 4 is 5.97 Å². The summed E-state index contributed by atoms with van der Waals surface area (Å²) in [4.78, 5) is 12.1. The van der Waals surface area contributed by atoms with Crippen molar-refractivity contribution in [1.82, 2.24) is 0 Å². The second kappa shape index (κ2) is 5.25. The minimum Gasteiger partial charge on any atom is -0.497 e. The van der Waals surface area contributed by atoms with Gasteiger partial charge in [-0.05, 0) is 35.9 Å². The fourth-order valence-electron chi connectivity index (χ4n) is 2.14. The van der Waals surface area contributed by atoms with E-state index in [0.29, 0.717) is 17.9 Å². The first kappa shape index (κ1) is 12.5. The van der Waals surface area contributed by atoms with Crippen molar-refractivity contribution in [2.24, 2.45) is 0 Å². The summed E-state index contributed by atoms with van der Waals surface area (Å²) in [6.45, 7) is 0. The van der Waals surface area contributed by atoms with Crippen molar-refractivity contribution in [3.05, 3.63) is 54.1 Å². The second-order valence-corrected chi connectivity index (χ2v) is 4.51. The normalized spacial score (nSPS) is 16.1. The van der Waals surface area contributed by atoms with E-state index in [1.807, 2.05) is 24.3 Å². The molecule has 0 amide bonds. The van der Waals surface area contributed by atoms with Crippen LogP contribution in [0.25, 0.3) is 0 Å². The van der Waals surface area contributed by atoms with Gasteiger partial charge < -0.3 is 14.2 Å². The number of hydrogen-bond acceptors (Lipinski definition) is 4. The summed E-state index contributed by atoms with van der Waals surface area (Å²) in [5, 5.41) is 0. The predicted molar refractivity (Wildman–Crippen MR) is 73.2 cm³/mol. The van der Waals surface area contributed by atoms with Crippen LogP contribution in [-0.2, 0) is 11.2 Å². The van der Waals surface area contributed by atoms with Crippen molar-refractivity contribution < 1.29 is 19.0 Å². The summed E-state index contributed by atoms with van der Waals surface area (Å²) in [5.41, 5.74) is 1.03. The van der Waals surface area contributed by atoms with E-state index in [-0.39, 0.29) is 5.97 Å². The summed E-state index contributed by atoms with van der Waals surface area (Å²) in [6.07, 6.45) is -0.0277. The summed E-state index contributed by atoms with van der Waals surface area (Å²) in [7, 11) is 1.59. The van der Waals surface area contributed by atoms with Crippen LogP contribution in [0.4, 0.5) is 0 Å². The Labute approximate surface area is 116 Å². The number of carbonyl (C=O) groups excluding carboxylic acids is 1. The highest BCUT2D eigenvalue weighted by molar-refractivity contribution is 5.79. The van der Waals surface area contributed by atoms with Crippen molar-refractivity contribution in [3.63, 3.8) is 0 Å². The molecule has 0 radical (unpaired) electrons. The van der Waals surface area contributed by atoms with Crippen LogP contribution in [0.3, 0.4) is 0 Å². The first-order valence-corrected chi connectivity index (χ1v) is 6.36. The molecular formula is C16H14O4. The molecule has 102 valence electrons. The topological polar surface area (TPSA) is 44.8 Å². The molecule has 0 aliphatic carbocycles. The van der Waals surface area contributed by atoms with Crippen LogP contribution in [-0.4, -0.2) is 19.2 Å². The number of benzene rings is 2. The zero-order chi connectivity index (χ0) is 13.9. The maximum absolute atomic E-state index is 12.1. The first-order chi connectivity index (χ1) is 9.76. The molecule has 2 aromatic rings. The Balaban J connectivity index is 1.66. The van der Waals surface area contributed by atoms with Gasteiger partial charge in [-0.3, -0.25) is 0 Å². The van der Waals surface area contributed by atoms with Crippen LogP contribution in [0.1, 0.15) is 5.56 Å². The molecule has 0 aromatic heterocycles. The van der Waals surface area contributed by atoms with Crippen molar-refractivity contribution in [3.8, 4) is 17.2 Å². The van der Waals surface area contributed by atoms with Crippen molar-refractivity contribution in [2.75, 3.05) is 7.11 Å². The summed E-state index contributed by atoms with van der Waals surface area (Å²) in [5.74, 6) is 1.57. The Morgan fingerprint density at radius 1 is 1.10 bits per heavy atom. The Morgan fingerprint density at radius 3 is 2.50 bits per heavy atom. The van der Waals surface area contributed by atoms with Gasteiger partial charge in [0.2, 0.25) is 0 Å². The third-order valence-electron chi connectivity index (χ3n) is 3.19. The van der Waals surface area contributed by atoms with Gasteiger partial charge in [0.15, 0.2) is 6.10 Å². The van der Waals surface area contributed by atoms with E-state index in [1.165, 1.54) is 0 Å². The molecule has 2 aromatic carbocycles. The highest BCUT2D eigenvalue weighted by atomic mass is 16.6. The molecule has 1 unspecified atom stereocenters. The molecule has 1 aliphatic rings. The van der Waals surface area contributed by atoms with Gasteiger partial charge in [-0.25, -0.2) is 4.79 Å². The van der Waals surface area contributed by atoms with Crippen molar-refractivity contribution in [2.45, 2.75) is 12.5 Å². The van der Waals surface area contributed by atoms with Crippen LogP contribution in [0.2, 0.25) is 0 Å². The molecule has 0 spiro atoms. The molecule has 4 heteroatoms. The number of hydrogen-bond donors (Lipinski definition) is 0. The maximum Gasteiger partial charge on any atom is 0.353 e. The third-order valence-corrected chi connectivity index (χ3v) is 3.19. The largest absolute Gasteiger partial charge is 0.497 e. The quantitative estimate of drug-likeness (QED) is 0.635. The van der Waals surface area contributed by atoms with Gasteiger partial charge in [-0.1, -0.05) is 18.2 Å². The Morgan fingerprint density at radius 2 is 1.80 bits per heavy atom. The number of rotatable bonds is 3. The highest BCUT2D eigenvalue weighted by Crippen LogP contribution is 2.29. The zero-order valence-electron chi connectivity index (χ0n) is 11.0. The molecule has 1 heterocycles. The van der Waals surface area contributed by atoms with Crippen LogP contribution in [0, 0.1) is 0 Å². The molecule has 0 bridgehead atoms. The van der Waals surface area contributed by atoms with Gasteiger partial charge in [0, 0.05) is 6.42 Å². The van der Waals surface area contributed by atoms with Crippen LogP contribution in [0.15, 0.2) is 48.5 Å². The molecule has 20 heavy (non-hydrogen) atoms. The fourth-order valence-corrected chi connectivity index (χ4v) is 2.14. The van der Waals surface area contributed by atoms with E-state index in [0.717, 1.165) is 11.3 Å². The molecule has 1 aliphatic heterocycles. The lowest BCUT2D eigenvalue weighted by Gasteiger charge is -2.10. The van der Waals surface area contributed by atoms with Crippen molar-refractivity contribution in [1.29, 1.82) is 0 Å². The van der Waals surface area contributed by atoms with Crippen LogP contribution < -0.4 is 14.2 Å². The summed E-state index contributed by atoms with van der Waals surface area (Å²) < 4.78 is 15.9. The van der Waals surface area contributed by atoms with Gasteiger partial charge >= 0.3 is 5.97 Å². The van der Waals surface area contributed by atoms with Gasteiger partial charge in [0.05, 0.1) is 7.11 Å². The molecule has 3 rings (SSSR count). The van der Waals surface area contributed by atoms with Gasteiger partial charge in [-0.15, -0.1) is 0 Å². The van der Waals surface area contributed by atoms with Crippen LogP contribution >= 0.6 is 0 Å². The van der Waals surface area contributed by atoms with E-state index in [4.69, 9.17) is 14.2 Å². The van der Waals surface area contributed by atoms with E-state index in [1.54, 1.807) is 31.4 Å². The number of esters is 1. The molecule has 0 fully saturated rings. The molecule has 0 N–H and O–H groups in total. The third kappa shape index (κ3) is 2.45. The fraction of sp³-hybridized carbons (Fsp3) is 0.188. The number of ether oxygens (including phenoxy) is 3. The zero-order valence-corrected chi connectivity index (χ0v) is 11.0. The summed E-state index contributed by atoms with van der Waals surface area (Å²) in [6, 6.07) is 14.5. The number of methoxy groups -OCH3 is 1. The number of para-hydroxylation sites is 1. The minimum absolute atomic E-state index is 0.383. The van der Waals surface area contributed by atoms with E-state index >= 15 is 0 Å². The lowest BCUT2D eigenvalue weighted by Crippen LogP contribution is -2.29. The molecule has 0 saturated heterocycles. The first-order valence-electron chi connectivity index (χ1n) is 6.36. The molecule has 1 atom stereocenters. The van der Waals surface area contributed by atoms with E-state index < -0.39 is 6.10 Å². The second-order valence-electron chi connectivity index (χ2n) is 4.51. The van der Waals surface area contributed by atoms with E-state index in [2.05, 4.69) is 0 Å². The van der Waals surface area contributed by atoms with E-state index in [9.17, 15) is 4.79 Å². The lowest BCUT2D eigenvalue weighted by atomic mass is 10.1. The number of fused-ring (bicyclic) bond motifs is 1. The standard InChI is InChI=1S/C16H14O4/c1-18-12-6-8-13(9-7-12)19-16(17)15-10-11-4-2-3-5-14(11)20-15/h2-9,15H,10H2,1H3. The predicted octanol–water partition coefficient (Wildman–Crippen LogP) is 2.60. The Bertz CT molecular complexity index is 594. The molecular weight excluding hydrogens is 256 g/mol. The van der Waals surface area contributed by atoms with Gasteiger partial charge in [0.1, 0.15) is 17.2 Å². The smallest absolute Gasteiger partial charge is 0.353 e. The Hall–Kier alpha value is -2.49. The summed E-state index contributed by atoms with van der Waals surface area (Å²) >= 11 is 0. The maximum atomic E-state index is 12.1. The Kier molecular flexibility index (Phi) is 3.29. The molecule has 0 saturated carbocycles. The highest BCUT2D eigenvalue weighted by Gasteiger charge is 2.30. The monoisotopic (exact) mass is 270 g/mol. The lowest BCUT2D eigenvalue weighted by molar-refractivity contribution is -0.141. The van der Waals surface area contributed by atoms with Gasteiger partial charge in [0.25, 0.3) is 0 Å². The minimum atomic E-state index is -0.575.